The number of hydrogen-bond acceptors (Lipinski definition) is 12. The zero-order valence-electron chi connectivity index (χ0n) is 36.3. The molecule has 0 aromatic heterocycles. The summed E-state index contributed by atoms with van der Waals surface area (Å²) in [5, 5.41) is 49.4. The van der Waals surface area contributed by atoms with Crippen LogP contribution in [-0.2, 0) is 46.3 Å². The Morgan fingerprint density at radius 1 is 0.855 bits per heavy atom. The average Bonchev–Trinajstić information content (AvgIpc) is 3.74. The summed E-state index contributed by atoms with van der Waals surface area (Å²) < 4.78 is 11.2. The first-order valence-corrected chi connectivity index (χ1v) is 22.0. The summed E-state index contributed by atoms with van der Waals surface area (Å²) in [5.74, 6) is -2.99. The van der Waals surface area contributed by atoms with E-state index < -0.39 is 84.4 Å². The van der Waals surface area contributed by atoms with E-state index in [1.54, 1.807) is 36.4 Å². The molecule has 344 valence electrons. The second kappa shape index (κ2) is 24.8. The van der Waals surface area contributed by atoms with Gasteiger partial charge in [-0.05, 0) is 93.2 Å². The Morgan fingerprint density at radius 3 is 2.21 bits per heavy atom. The van der Waals surface area contributed by atoms with Gasteiger partial charge in [0.25, 0.3) is 5.91 Å². The van der Waals surface area contributed by atoms with Crippen molar-refractivity contribution in [2.75, 3.05) is 19.7 Å². The van der Waals surface area contributed by atoms with Crippen molar-refractivity contribution in [2.24, 2.45) is 11.5 Å². The third-order valence-corrected chi connectivity index (χ3v) is 11.7. The van der Waals surface area contributed by atoms with Gasteiger partial charge in [0.05, 0.1) is 6.04 Å². The minimum atomic E-state index is -1.70. The lowest BCUT2D eigenvalue weighted by Crippen LogP contribution is -2.62. The SMILES string of the molecule is CCCCCCCCO[C@@H]1O[C@H](C(=O)NCCCC[C@@H](NC(=O)[C@H](Cc2ccccc2)NC(=O)[C@@H]2CCCN2C(=O)[C@@H](N)Cc2c(C)cc(O)cc2C)C(N)=O)[C@@H](O)[C@H](O)[C@H]1O. The molecule has 9 atom stereocenters. The minimum Gasteiger partial charge on any atom is -0.508 e. The van der Waals surface area contributed by atoms with Crippen molar-refractivity contribution in [3.63, 3.8) is 0 Å². The molecule has 2 aliphatic heterocycles. The number of benzene rings is 2. The molecule has 11 N–H and O–H groups in total. The number of likely N-dealkylation sites (tertiary alicyclic amines) is 1. The van der Waals surface area contributed by atoms with Crippen LogP contribution in [0.15, 0.2) is 42.5 Å². The normalized spacial score (nSPS) is 22.7. The molecule has 17 nitrogen and oxygen atoms in total. The van der Waals surface area contributed by atoms with Gasteiger partial charge in [0.15, 0.2) is 12.4 Å². The molecule has 2 aromatic carbocycles. The second-order valence-corrected chi connectivity index (χ2v) is 16.6. The number of aliphatic hydroxyl groups is 3. The van der Waals surface area contributed by atoms with Gasteiger partial charge in [-0.2, -0.15) is 0 Å². The Morgan fingerprint density at radius 2 is 1.53 bits per heavy atom. The van der Waals surface area contributed by atoms with E-state index in [0.717, 1.165) is 54.4 Å². The molecule has 0 saturated carbocycles. The molecule has 2 saturated heterocycles. The van der Waals surface area contributed by atoms with E-state index in [0.29, 0.717) is 38.6 Å². The standard InChI is InChI=1S/C45H68N6O11/c1-4-5-6-7-8-14-22-61-45-38(55)36(53)37(54)39(62-45)43(59)48-20-13-12-18-33(40(47)56)49-41(57)34(25-29-16-10-9-11-17-29)50-42(58)35-19-15-21-51(35)44(60)32(46)26-31-27(2)23-30(52)24-28(31)3/h9-11,16-17,23-24,32-39,45,52-55H,4-8,12-15,18-22,25-26,46H2,1-3H3,(H2,47,56)(H,48,59)(H,49,57)(H,50,58)/t32-,33+,34-,35-,36-,37-,38+,39-,45+/m0/s1. The predicted octanol–water partition coefficient (Wildman–Crippen LogP) is 1.04. The smallest absolute Gasteiger partial charge is 0.252 e. The third-order valence-electron chi connectivity index (χ3n) is 11.7. The Bertz CT molecular complexity index is 1760. The second-order valence-electron chi connectivity index (χ2n) is 16.6. The van der Waals surface area contributed by atoms with Crippen molar-refractivity contribution >= 4 is 29.5 Å². The summed E-state index contributed by atoms with van der Waals surface area (Å²) in [6, 6.07) is 8.15. The highest BCUT2D eigenvalue weighted by Crippen LogP contribution is 2.25. The van der Waals surface area contributed by atoms with Gasteiger partial charge in [0, 0.05) is 26.1 Å². The number of carbonyl (C=O) groups excluding carboxylic acids is 5. The number of aromatic hydroxyl groups is 1. The van der Waals surface area contributed by atoms with E-state index in [9.17, 15) is 44.4 Å². The summed E-state index contributed by atoms with van der Waals surface area (Å²) in [6.07, 6.45) is 0.349. The van der Waals surface area contributed by atoms with Gasteiger partial charge in [-0.3, -0.25) is 24.0 Å². The highest BCUT2D eigenvalue weighted by Gasteiger charge is 2.47. The van der Waals surface area contributed by atoms with Crippen molar-refractivity contribution in [3.05, 3.63) is 64.7 Å². The number of aliphatic hydroxyl groups excluding tert-OH is 3. The van der Waals surface area contributed by atoms with Crippen LogP contribution in [0.3, 0.4) is 0 Å². The minimum absolute atomic E-state index is 0.0846. The van der Waals surface area contributed by atoms with E-state index in [4.69, 9.17) is 20.9 Å². The van der Waals surface area contributed by atoms with E-state index in [1.165, 1.54) is 4.90 Å². The summed E-state index contributed by atoms with van der Waals surface area (Å²) in [6.45, 7) is 6.44. The lowest BCUT2D eigenvalue weighted by atomic mass is 9.95. The van der Waals surface area contributed by atoms with E-state index in [-0.39, 0.29) is 38.2 Å². The molecular weight excluding hydrogens is 801 g/mol. The van der Waals surface area contributed by atoms with Crippen LogP contribution in [0.1, 0.15) is 99.8 Å². The van der Waals surface area contributed by atoms with Gasteiger partial charge < -0.3 is 62.2 Å². The molecule has 2 heterocycles. The molecular formula is C45H68N6O11. The average molecular weight is 869 g/mol. The topological polar surface area (TPSA) is 276 Å². The maximum atomic E-state index is 13.9. The Hall–Kier alpha value is -4.65. The molecule has 17 heteroatoms. The van der Waals surface area contributed by atoms with Crippen LogP contribution in [0, 0.1) is 13.8 Å². The number of hydrogen-bond donors (Lipinski definition) is 9. The first-order valence-electron chi connectivity index (χ1n) is 22.0. The molecule has 0 spiro atoms. The van der Waals surface area contributed by atoms with Crippen molar-refractivity contribution in [1.29, 1.82) is 0 Å². The molecule has 0 bridgehead atoms. The van der Waals surface area contributed by atoms with Crippen LogP contribution in [-0.4, -0.2) is 129 Å². The van der Waals surface area contributed by atoms with Gasteiger partial charge in [0.1, 0.15) is 42.2 Å². The number of primary amides is 1. The molecule has 0 unspecified atom stereocenters. The summed E-state index contributed by atoms with van der Waals surface area (Å²) in [4.78, 5) is 68.3. The lowest BCUT2D eigenvalue weighted by molar-refractivity contribution is -0.290. The predicted molar refractivity (Wildman–Crippen MR) is 230 cm³/mol. The van der Waals surface area contributed by atoms with Gasteiger partial charge in [0.2, 0.25) is 23.6 Å². The van der Waals surface area contributed by atoms with Crippen molar-refractivity contribution in [2.45, 2.75) is 159 Å². The number of phenols is 1. The summed E-state index contributed by atoms with van der Waals surface area (Å²) >= 11 is 0. The molecule has 0 radical (unpaired) electrons. The maximum absolute atomic E-state index is 13.9. The highest BCUT2D eigenvalue weighted by molar-refractivity contribution is 5.95. The zero-order valence-corrected chi connectivity index (χ0v) is 36.3. The number of ether oxygens (including phenoxy) is 2. The van der Waals surface area contributed by atoms with Gasteiger partial charge in [-0.25, -0.2) is 0 Å². The summed E-state index contributed by atoms with van der Waals surface area (Å²) in [5.41, 5.74) is 15.3. The van der Waals surface area contributed by atoms with Crippen LogP contribution in [0.25, 0.3) is 0 Å². The fourth-order valence-electron chi connectivity index (χ4n) is 8.07. The van der Waals surface area contributed by atoms with E-state index in [2.05, 4.69) is 22.9 Å². The molecule has 2 aliphatic rings. The number of unbranched alkanes of at least 4 members (excludes halogenated alkanes) is 6. The van der Waals surface area contributed by atoms with Crippen LogP contribution in [0.4, 0.5) is 0 Å². The highest BCUT2D eigenvalue weighted by atomic mass is 16.7. The van der Waals surface area contributed by atoms with Crippen LogP contribution in [0.2, 0.25) is 0 Å². The number of carbonyl (C=O) groups is 5. The molecule has 2 fully saturated rings. The number of nitrogens with two attached hydrogens (primary N) is 2. The molecule has 4 rings (SSSR count). The van der Waals surface area contributed by atoms with Crippen molar-refractivity contribution in [1.82, 2.24) is 20.9 Å². The van der Waals surface area contributed by atoms with Crippen molar-refractivity contribution < 1.29 is 53.9 Å². The van der Waals surface area contributed by atoms with Gasteiger partial charge >= 0.3 is 0 Å². The quantitative estimate of drug-likeness (QED) is 0.0670. The van der Waals surface area contributed by atoms with Gasteiger partial charge in [-0.15, -0.1) is 0 Å². The Balaban J connectivity index is 1.30. The largest absolute Gasteiger partial charge is 0.508 e. The molecule has 2 aromatic rings. The van der Waals surface area contributed by atoms with Gasteiger partial charge in [-0.1, -0.05) is 69.4 Å². The summed E-state index contributed by atoms with van der Waals surface area (Å²) in [7, 11) is 0. The zero-order chi connectivity index (χ0) is 45.3. The third kappa shape index (κ3) is 14.5. The molecule has 0 aliphatic carbocycles. The van der Waals surface area contributed by atoms with Crippen molar-refractivity contribution in [3.8, 4) is 5.75 Å². The van der Waals surface area contributed by atoms with Crippen LogP contribution >= 0.6 is 0 Å². The number of rotatable bonds is 24. The first-order chi connectivity index (χ1) is 29.6. The monoisotopic (exact) mass is 868 g/mol. The first kappa shape index (κ1) is 50.0. The Kier molecular flexibility index (Phi) is 20.0. The lowest BCUT2D eigenvalue weighted by Gasteiger charge is -2.39. The van der Waals surface area contributed by atoms with Crippen LogP contribution in [0.5, 0.6) is 5.75 Å². The number of aryl methyl sites for hydroxylation is 2. The van der Waals surface area contributed by atoms with E-state index in [1.807, 2.05) is 19.9 Å². The number of nitrogens with one attached hydrogen (secondary N) is 3. The molecule has 62 heavy (non-hydrogen) atoms. The van der Waals surface area contributed by atoms with Crippen LogP contribution < -0.4 is 27.4 Å². The molecule has 5 amide bonds. The maximum Gasteiger partial charge on any atom is 0.252 e. The fourth-order valence-corrected chi connectivity index (χ4v) is 8.07. The number of phenolic OH excluding ortho intramolecular Hbond substituents is 1. The Labute approximate surface area is 364 Å². The number of nitrogens with zero attached hydrogens (tertiary/aromatic N) is 1. The fraction of sp³-hybridized carbons (Fsp3) is 0.622. The number of amides is 5. The van der Waals surface area contributed by atoms with E-state index >= 15 is 0 Å².